The molecule has 74 valence electrons. The fraction of sp³-hybridized carbons (Fsp3) is 0.286. The third-order valence-corrected chi connectivity index (χ3v) is 3.29. The van der Waals surface area contributed by atoms with E-state index in [0.29, 0.717) is 11.0 Å². The van der Waals surface area contributed by atoms with Crippen molar-refractivity contribution in [3.63, 3.8) is 0 Å². The number of nitrogens with zero attached hydrogens (tertiary/aromatic N) is 3. The molecule has 4 nitrogen and oxygen atoms in total. The second-order valence-electron chi connectivity index (χ2n) is 2.51. The highest BCUT2D eigenvalue weighted by molar-refractivity contribution is 7.09. The van der Waals surface area contributed by atoms with Crippen LogP contribution >= 0.6 is 34.7 Å². The first kappa shape index (κ1) is 9.82. The Morgan fingerprint density at radius 2 is 2.36 bits per heavy atom. The highest BCUT2D eigenvalue weighted by Crippen LogP contribution is 2.17. The highest BCUT2D eigenvalue weighted by Gasteiger charge is 2.03. The molecule has 0 aliphatic carbocycles. The molecule has 0 aliphatic rings. The molecule has 0 spiro atoms. The zero-order valence-electron chi connectivity index (χ0n) is 7.11. The summed E-state index contributed by atoms with van der Waals surface area (Å²) in [6, 6.07) is 0. The van der Waals surface area contributed by atoms with Gasteiger partial charge in [0, 0.05) is 24.5 Å². The smallest absolute Gasteiger partial charge is 0.186 e. The maximum Gasteiger partial charge on any atom is 0.186 e. The minimum Gasteiger partial charge on any atom is -0.366 e. The van der Waals surface area contributed by atoms with E-state index in [-0.39, 0.29) is 0 Å². The Morgan fingerprint density at radius 1 is 1.43 bits per heavy atom. The Balaban J connectivity index is 1.81. The number of anilines is 1. The van der Waals surface area contributed by atoms with Gasteiger partial charge in [0.2, 0.25) is 0 Å². The average Bonchev–Trinajstić information content (AvgIpc) is 2.78. The summed E-state index contributed by atoms with van der Waals surface area (Å²) in [5.41, 5.74) is 0. The molecular formula is C7H7ClN4S2. The van der Waals surface area contributed by atoms with Crippen LogP contribution in [0.4, 0.5) is 5.82 Å². The molecule has 0 aliphatic heterocycles. The SMILES string of the molecule is Clc1nsnc1NCCc1nccs1. The van der Waals surface area contributed by atoms with Crippen molar-refractivity contribution in [2.45, 2.75) is 6.42 Å². The van der Waals surface area contributed by atoms with E-state index in [1.165, 1.54) is 0 Å². The number of hydrogen-bond donors (Lipinski definition) is 1. The van der Waals surface area contributed by atoms with Gasteiger partial charge in [-0.05, 0) is 0 Å². The van der Waals surface area contributed by atoms with Crippen LogP contribution < -0.4 is 5.32 Å². The largest absolute Gasteiger partial charge is 0.366 e. The first-order valence-electron chi connectivity index (χ1n) is 3.96. The van der Waals surface area contributed by atoms with E-state index in [9.17, 15) is 0 Å². The molecule has 2 aromatic heterocycles. The summed E-state index contributed by atoms with van der Waals surface area (Å²) in [6.45, 7) is 0.776. The van der Waals surface area contributed by atoms with E-state index in [1.54, 1.807) is 17.5 Å². The van der Waals surface area contributed by atoms with E-state index in [1.807, 2.05) is 5.38 Å². The first-order chi connectivity index (χ1) is 6.86. The minimum atomic E-state index is 0.439. The molecule has 0 radical (unpaired) electrons. The van der Waals surface area contributed by atoms with Crippen molar-refractivity contribution < 1.29 is 0 Å². The normalized spacial score (nSPS) is 10.4. The van der Waals surface area contributed by atoms with Crippen molar-refractivity contribution in [2.75, 3.05) is 11.9 Å². The van der Waals surface area contributed by atoms with Gasteiger partial charge in [0.25, 0.3) is 0 Å². The lowest BCUT2D eigenvalue weighted by Crippen LogP contribution is -2.04. The lowest BCUT2D eigenvalue weighted by atomic mass is 10.4. The van der Waals surface area contributed by atoms with Gasteiger partial charge in [0.15, 0.2) is 11.0 Å². The van der Waals surface area contributed by atoms with Gasteiger partial charge in [-0.3, -0.25) is 0 Å². The van der Waals surface area contributed by atoms with E-state index in [4.69, 9.17) is 11.6 Å². The quantitative estimate of drug-likeness (QED) is 0.900. The molecule has 2 heterocycles. The third-order valence-electron chi connectivity index (χ3n) is 1.56. The molecule has 7 heteroatoms. The lowest BCUT2D eigenvalue weighted by Gasteiger charge is -1.99. The topological polar surface area (TPSA) is 50.7 Å². The maximum absolute atomic E-state index is 5.76. The standard InChI is InChI=1S/C7H7ClN4S2/c8-6-7(12-14-11-6)10-2-1-5-9-3-4-13-5/h3-4H,1-2H2,(H,10,12). The fourth-order valence-electron chi connectivity index (χ4n) is 0.947. The van der Waals surface area contributed by atoms with Gasteiger partial charge in [-0.25, -0.2) is 4.98 Å². The summed E-state index contributed by atoms with van der Waals surface area (Å²) in [4.78, 5) is 4.17. The number of halogens is 1. The molecule has 0 bridgehead atoms. The Kier molecular flexibility index (Phi) is 3.28. The van der Waals surface area contributed by atoms with Crippen molar-refractivity contribution in [3.05, 3.63) is 21.7 Å². The molecule has 2 aromatic rings. The average molecular weight is 247 g/mol. The molecule has 1 N–H and O–H groups in total. The van der Waals surface area contributed by atoms with Crippen LogP contribution in [0, 0.1) is 0 Å². The van der Waals surface area contributed by atoms with Crippen molar-refractivity contribution >= 4 is 40.5 Å². The van der Waals surface area contributed by atoms with Crippen LogP contribution in [0.15, 0.2) is 11.6 Å². The van der Waals surface area contributed by atoms with Gasteiger partial charge in [-0.2, -0.15) is 8.75 Å². The van der Waals surface area contributed by atoms with Crippen molar-refractivity contribution in [2.24, 2.45) is 0 Å². The fourth-order valence-corrected chi connectivity index (χ4v) is 2.25. The number of aromatic nitrogens is 3. The summed E-state index contributed by atoms with van der Waals surface area (Å²) in [5.74, 6) is 0.660. The molecule has 0 unspecified atom stereocenters. The van der Waals surface area contributed by atoms with Crippen molar-refractivity contribution in [3.8, 4) is 0 Å². The molecule has 0 saturated carbocycles. The Labute approximate surface area is 94.3 Å². The molecule has 0 fully saturated rings. The first-order valence-corrected chi connectivity index (χ1v) is 5.95. The van der Waals surface area contributed by atoms with Gasteiger partial charge in [-0.1, -0.05) is 11.6 Å². The number of thiazole rings is 1. The van der Waals surface area contributed by atoms with E-state index < -0.39 is 0 Å². The molecule has 0 aromatic carbocycles. The third kappa shape index (κ3) is 2.40. The molecule has 0 atom stereocenters. The maximum atomic E-state index is 5.76. The van der Waals surface area contributed by atoms with Gasteiger partial charge >= 0.3 is 0 Å². The predicted molar refractivity (Wildman–Crippen MR) is 59.2 cm³/mol. The zero-order chi connectivity index (χ0) is 9.80. The molecule has 0 amide bonds. The lowest BCUT2D eigenvalue weighted by molar-refractivity contribution is 0.992. The van der Waals surface area contributed by atoms with Crippen molar-refractivity contribution in [1.29, 1.82) is 0 Å². The second kappa shape index (κ2) is 4.68. The van der Waals surface area contributed by atoms with Crippen LogP contribution in [-0.4, -0.2) is 20.3 Å². The number of nitrogens with one attached hydrogen (secondary N) is 1. The number of hydrogen-bond acceptors (Lipinski definition) is 6. The summed E-state index contributed by atoms with van der Waals surface area (Å²) < 4.78 is 7.86. The van der Waals surface area contributed by atoms with E-state index >= 15 is 0 Å². The van der Waals surface area contributed by atoms with Gasteiger partial charge in [0.05, 0.1) is 16.7 Å². The van der Waals surface area contributed by atoms with E-state index in [0.717, 1.165) is 29.7 Å². The van der Waals surface area contributed by atoms with Crippen LogP contribution in [0.2, 0.25) is 5.15 Å². The molecule has 2 rings (SSSR count). The van der Waals surface area contributed by atoms with Crippen LogP contribution in [0.1, 0.15) is 5.01 Å². The molecule has 14 heavy (non-hydrogen) atoms. The highest BCUT2D eigenvalue weighted by atomic mass is 35.5. The Hall–Kier alpha value is -0.720. The van der Waals surface area contributed by atoms with Crippen LogP contribution in [-0.2, 0) is 6.42 Å². The molecular weight excluding hydrogens is 240 g/mol. The molecule has 0 saturated heterocycles. The van der Waals surface area contributed by atoms with Gasteiger partial charge in [-0.15, -0.1) is 11.3 Å². The van der Waals surface area contributed by atoms with Crippen LogP contribution in [0.5, 0.6) is 0 Å². The van der Waals surface area contributed by atoms with Crippen molar-refractivity contribution in [1.82, 2.24) is 13.7 Å². The summed E-state index contributed by atoms with van der Waals surface area (Å²) in [6.07, 6.45) is 2.68. The van der Waals surface area contributed by atoms with Gasteiger partial charge in [0.1, 0.15) is 0 Å². The van der Waals surface area contributed by atoms with Crippen LogP contribution in [0.3, 0.4) is 0 Å². The second-order valence-corrected chi connectivity index (χ2v) is 4.37. The zero-order valence-corrected chi connectivity index (χ0v) is 9.49. The van der Waals surface area contributed by atoms with E-state index in [2.05, 4.69) is 19.0 Å². The van der Waals surface area contributed by atoms with Gasteiger partial charge < -0.3 is 5.32 Å². The number of rotatable bonds is 4. The van der Waals surface area contributed by atoms with Crippen LogP contribution in [0.25, 0.3) is 0 Å². The predicted octanol–water partition coefficient (Wildman–Crippen LogP) is 2.30. The minimum absolute atomic E-state index is 0.439. The summed E-state index contributed by atoms with van der Waals surface area (Å²) in [5, 5.41) is 6.61. The Bertz CT molecular complexity index is 386. The summed E-state index contributed by atoms with van der Waals surface area (Å²) >= 11 is 8.52. The Morgan fingerprint density at radius 3 is 3.00 bits per heavy atom. The summed E-state index contributed by atoms with van der Waals surface area (Å²) in [7, 11) is 0. The monoisotopic (exact) mass is 246 g/mol.